The van der Waals surface area contributed by atoms with E-state index in [-0.39, 0.29) is 0 Å². The molecule has 1 aromatic rings. The number of rotatable bonds is 4. The number of aliphatic hydroxyl groups is 1. The lowest BCUT2D eigenvalue weighted by Crippen LogP contribution is -2.19. The van der Waals surface area contributed by atoms with Crippen LogP contribution in [0.4, 0.5) is 0 Å². The van der Waals surface area contributed by atoms with Gasteiger partial charge >= 0.3 is 0 Å². The van der Waals surface area contributed by atoms with Crippen molar-refractivity contribution < 1.29 is 9.84 Å². The second-order valence-electron chi connectivity index (χ2n) is 6.02. The van der Waals surface area contributed by atoms with Crippen molar-refractivity contribution in [3.8, 4) is 5.75 Å². The van der Waals surface area contributed by atoms with E-state index >= 15 is 0 Å². The van der Waals surface area contributed by atoms with Crippen LogP contribution < -0.4 is 4.74 Å². The lowest BCUT2D eigenvalue weighted by Gasteiger charge is -2.28. The van der Waals surface area contributed by atoms with Gasteiger partial charge < -0.3 is 9.84 Å². The quantitative estimate of drug-likeness (QED) is 0.859. The Hall–Kier alpha value is -0.440. The molecule has 2 saturated carbocycles. The summed E-state index contributed by atoms with van der Waals surface area (Å²) in [6.07, 6.45) is 4.45. The molecule has 2 bridgehead atoms. The van der Waals surface area contributed by atoms with Crippen LogP contribution >= 0.6 is 23.2 Å². The Balaban J connectivity index is 1.84. The summed E-state index contributed by atoms with van der Waals surface area (Å²) in [5.74, 6) is 2.37. The average molecular weight is 315 g/mol. The minimum atomic E-state index is -0.508. The summed E-state index contributed by atoms with van der Waals surface area (Å²) in [7, 11) is 0. The van der Waals surface area contributed by atoms with E-state index < -0.39 is 6.10 Å². The van der Waals surface area contributed by atoms with E-state index in [2.05, 4.69) is 0 Å². The lowest BCUT2D eigenvalue weighted by atomic mass is 9.82. The molecular formula is C16H20Cl2O2. The summed E-state index contributed by atoms with van der Waals surface area (Å²) in [6, 6.07) is 3.49. The Morgan fingerprint density at radius 1 is 1.25 bits per heavy atom. The van der Waals surface area contributed by atoms with Gasteiger partial charge in [-0.1, -0.05) is 29.6 Å². The Kier molecular flexibility index (Phi) is 4.16. The minimum Gasteiger partial charge on any atom is -0.492 e. The molecule has 2 aliphatic rings. The first-order chi connectivity index (χ1) is 9.60. The van der Waals surface area contributed by atoms with Gasteiger partial charge in [0, 0.05) is 11.6 Å². The fraction of sp³-hybridized carbons (Fsp3) is 0.625. The van der Waals surface area contributed by atoms with Gasteiger partial charge in [0.2, 0.25) is 0 Å². The van der Waals surface area contributed by atoms with Crippen molar-refractivity contribution in [3.63, 3.8) is 0 Å². The molecule has 4 unspecified atom stereocenters. The van der Waals surface area contributed by atoms with Gasteiger partial charge in [0.25, 0.3) is 0 Å². The van der Waals surface area contributed by atoms with Crippen LogP contribution in [0.1, 0.15) is 44.3 Å². The molecule has 4 atom stereocenters. The highest BCUT2D eigenvalue weighted by atomic mass is 35.5. The first-order valence-electron chi connectivity index (χ1n) is 7.40. The SMILES string of the molecule is CCOc1cc(Cl)c(C(O)C2CC3CCC2C3)cc1Cl. The largest absolute Gasteiger partial charge is 0.492 e. The highest BCUT2D eigenvalue weighted by Gasteiger charge is 2.43. The molecule has 20 heavy (non-hydrogen) atoms. The van der Waals surface area contributed by atoms with Gasteiger partial charge in [-0.15, -0.1) is 0 Å². The van der Waals surface area contributed by atoms with Gasteiger partial charge in [0.05, 0.1) is 22.8 Å². The van der Waals surface area contributed by atoms with Crippen molar-refractivity contribution >= 4 is 23.2 Å². The maximum Gasteiger partial charge on any atom is 0.139 e. The fourth-order valence-corrected chi connectivity index (χ4v) is 4.44. The lowest BCUT2D eigenvalue weighted by molar-refractivity contribution is 0.0745. The summed E-state index contributed by atoms with van der Waals surface area (Å²) in [6.45, 7) is 2.45. The zero-order valence-electron chi connectivity index (χ0n) is 11.6. The molecule has 3 rings (SSSR count). The van der Waals surface area contributed by atoms with Crippen LogP contribution in [0.3, 0.4) is 0 Å². The van der Waals surface area contributed by atoms with Crippen LogP contribution in [0.15, 0.2) is 12.1 Å². The van der Waals surface area contributed by atoms with Crippen molar-refractivity contribution in [2.45, 2.75) is 38.7 Å². The molecule has 0 spiro atoms. The van der Waals surface area contributed by atoms with Crippen molar-refractivity contribution in [2.75, 3.05) is 6.61 Å². The number of fused-ring (bicyclic) bond motifs is 2. The normalized spacial score (nSPS) is 29.7. The molecule has 0 aromatic heterocycles. The second-order valence-corrected chi connectivity index (χ2v) is 6.84. The zero-order valence-corrected chi connectivity index (χ0v) is 13.1. The number of halogens is 2. The molecule has 0 heterocycles. The van der Waals surface area contributed by atoms with Crippen LogP contribution in [0.2, 0.25) is 10.0 Å². The van der Waals surface area contributed by atoms with Gasteiger partial charge in [0.15, 0.2) is 0 Å². The standard InChI is InChI=1S/C16H20Cl2O2/c1-2-20-15-8-13(17)12(7-14(15)18)16(19)11-6-9-3-4-10(11)5-9/h7-11,16,19H,2-6H2,1H3. The van der Waals surface area contributed by atoms with Crippen molar-refractivity contribution in [3.05, 3.63) is 27.7 Å². The third-order valence-electron chi connectivity index (χ3n) is 4.87. The molecule has 0 saturated heterocycles. The molecular weight excluding hydrogens is 295 g/mol. The fourth-order valence-electron chi connectivity index (χ4n) is 3.95. The first kappa shape index (κ1) is 14.5. The molecule has 2 fully saturated rings. The van der Waals surface area contributed by atoms with E-state index in [1.807, 2.05) is 6.92 Å². The van der Waals surface area contributed by atoms with Gasteiger partial charge in [-0.2, -0.15) is 0 Å². The predicted octanol–water partition coefficient (Wildman–Crippen LogP) is 4.86. The molecule has 1 N–H and O–H groups in total. The van der Waals surface area contributed by atoms with Gasteiger partial charge in [-0.3, -0.25) is 0 Å². The van der Waals surface area contributed by atoms with Gasteiger partial charge in [-0.05, 0) is 50.0 Å². The average Bonchev–Trinajstić information content (AvgIpc) is 3.04. The first-order valence-corrected chi connectivity index (χ1v) is 8.15. The zero-order chi connectivity index (χ0) is 14.3. The Morgan fingerprint density at radius 3 is 2.65 bits per heavy atom. The molecule has 4 heteroatoms. The van der Waals surface area contributed by atoms with E-state index in [1.165, 1.54) is 19.3 Å². The van der Waals surface area contributed by atoms with E-state index in [0.717, 1.165) is 17.9 Å². The molecule has 0 aliphatic heterocycles. The van der Waals surface area contributed by atoms with Crippen LogP contribution in [0, 0.1) is 17.8 Å². The van der Waals surface area contributed by atoms with Crippen molar-refractivity contribution in [2.24, 2.45) is 17.8 Å². The number of aliphatic hydroxyl groups excluding tert-OH is 1. The molecule has 110 valence electrons. The highest BCUT2D eigenvalue weighted by Crippen LogP contribution is 2.53. The second kappa shape index (κ2) is 5.75. The summed E-state index contributed by atoms with van der Waals surface area (Å²) in [5, 5.41) is 11.8. The third kappa shape index (κ3) is 2.54. The topological polar surface area (TPSA) is 29.5 Å². The molecule has 0 amide bonds. The summed E-state index contributed by atoms with van der Waals surface area (Å²) in [5.41, 5.74) is 0.748. The van der Waals surface area contributed by atoms with Crippen molar-refractivity contribution in [1.82, 2.24) is 0 Å². The van der Waals surface area contributed by atoms with E-state index in [9.17, 15) is 5.11 Å². The molecule has 1 aromatic carbocycles. The third-order valence-corrected chi connectivity index (χ3v) is 5.49. The van der Waals surface area contributed by atoms with Crippen LogP contribution in [-0.4, -0.2) is 11.7 Å². The molecule has 2 aliphatic carbocycles. The Labute approximate surface area is 130 Å². The van der Waals surface area contributed by atoms with E-state index in [4.69, 9.17) is 27.9 Å². The van der Waals surface area contributed by atoms with Crippen molar-refractivity contribution in [1.29, 1.82) is 0 Å². The monoisotopic (exact) mass is 314 g/mol. The molecule has 2 nitrogen and oxygen atoms in total. The number of benzene rings is 1. The van der Waals surface area contributed by atoms with Crippen LogP contribution in [0.25, 0.3) is 0 Å². The predicted molar refractivity (Wildman–Crippen MR) is 81.5 cm³/mol. The maximum atomic E-state index is 10.7. The van der Waals surface area contributed by atoms with Crippen LogP contribution in [-0.2, 0) is 0 Å². The molecule has 0 radical (unpaired) electrons. The van der Waals surface area contributed by atoms with E-state index in [0.29, 0.717) is 34.2 Å². The Morgan fingerprint density at radius 2 is 2.05 bits per heavy atom. The Bertz CT molecular complexity index is 503. The highest BCUT2D eigenvalue weighted by molar-refractivity contribution is 6.34. The van der Waals surface area contributed by atoms with Crippen LogP contribution in [0.5, 0.6) is 5.75 Å². The summed E-state index contributed by atoms with van der Waals surface area (Å²) >= 11 is 12.5. The number of hydrogen-bond acceptors (Lipinski definition) is 2. The van der Waals surface area contributed by atoms with E-state index in [1.54, 1.807) is 12.1 Å². The summed E-state index contributed by atoms with van der Waals surface area (Å²) in [4.78, 5) is 0. The smallest absolute Gasteiger partial charge is 0.139 e. The maximum absolute atomic E-state index is 10.7. The number of ether oxygens (including phenoxy) is 1. The van der Waals surface area contributed by atoms with Gasteiger partial charge in [-0.25, -0.2) is 0 Å². The summed E-state index contributed by atoms with van der Waals surface area (Å²) < 4.78 is 5.43. The number of hydrogen-bond donors (Lipinski definition) is 1. The minimum absolute atomic E-state index is 0.334. The van der Waals surface area contributed by atoms with Gasteiger partial charge in [0.1, 0.15) is 5.75 Å².